The Morgan fingerprint density at radius 1 is 0.357 bits per heavy atom. The summed E-state index contributed by atoms with van der Waals surface area (Å²) >= 11 is 0. The molecule has 12 aromatic rings. The maximum atomic E-state index is 5.47. The highest BCUT2D eigenvalue weighted by Crippen LogP contribution is 2.45. The molecule has 0 aliphatic heterocycles. The van der Waals surface area contributed by atoms with Crippen molar-refractivity contribution >= 4 is 70.8 Å². The van der Waals surface area contributed by atoms with Crippen LogP contribution in [0, 0.1) is 0 Å². The average molecular weight is 712 g/mol. The van der Waals surface area contributed by atoms with E-state index in [1.165, 1.54) is 70.8 Å². The minimum Gasteiger partial charge on any atom is -0.309 e. The molecule has 0 aliphatic rings. The third-order valence-electron chi connectivity index (χ3n) is 11.7. The number of hydrogen-bond acceptors (Lipinski definition) is 1. The van der Waals surface area contributed by atoms with Gasteiger partial charge in [0, 0.05) is 33.8 Å². The molecule has 3 heteroatoms. The van der Waals surface area contributed by atoms with E-state index in [-0.39, 0.29) is 0 Å². The minimum atomic E-state index is 0.921. The van der Waals surface area contributed by atoms with E-state index in [2.05, 4.69) is 209 Å². The Labute approximate surface area is 323 Å². The molecule has 12 rings (SSSR count). The molecule has 56 heavy (non-hydrogen) atoms. The SMILES string of the molecule is c1ccc2cc(-c3c4ccccc4c(-c4ccc5ccccc5c4)c4c3nc3ccc(-c5ccc(-n6c7ccccc7c7ccccc76)cc5)cn34)ccc2c1. The number of nitrogens with zero attached hydrogens (tertiary/aromatic N) is 3. The summed E-state index contributed by atoms with van der Waals surface area (Å²) in [5.41, 5.74) is 13.6. The van der Waals surface area contributed by atoms with Gasteiger partial charge >= 0.3 is 0 Å². The molecule has 260 valence electrons. The van der Waals surface area contributed by atoms with Crippen LogP contribution in [-0.4, -0.2) is 14.0 Å². The first-order valence-electron chi connectivity index (χ1n) is 19.2. The highest BCUT2D eigenvalue weighted by Gasteiger charge is 2.22. The first-order chi connectivity index (χ1) is 27.8. The van der Waals surface area contributed by atoms with E-state index in [4.69, 9.17) is 4.98 Å². The summed E-state index contributed by atoms with van der Waals surface area (Å²) in [5.74, 6) is 0. The predicted octanol–water partition coefficient (Wildman–Crippen LogP) is 14.0. The standard InChI is InChI=1S/C53H33N3/c1-3-13-37-31-39(23-21-34(37)11-1)50-45-17-5-6-18-46(45)51(40-24-22-35-12-2-4-14-38(35)32-40)53-52(50)54-49-30-27-41(33-55(49)53)36-25-28-42(29-26-36)56-47-19-9-7-15-43(47)44-16-8-10-20-48(44)56/h1-33H. The summed E-state index contributed by atoms with van der Waals surface area (Å²) in [6.45, 7) is 0. The zero-order valence-corrected chi connectivity index (χ0v) is 30.4. The van der Waals surface area contributed by atoms with Gasteiger partial charge < -0.3 is 4.57 Å². The van der Waals surface area contributed by atoms with Crippen molar-refractivity contribution < 1.29 is 0 Å². The maximum absolute atomic E-state index is 5.47. The van der Waals surface area contributed by atoms with Gasteiger partial charge in [-0.15, -0.1) is 0 Å². The Kier molecular flexibility index (Phi) is 6.63. The molecule has 9 aromatic carbocycles. The fourth-order valence-corrected chi connectivity index (χ4v) is 9.08. The van der Waals surface area contributed by atoms with E-state index in [0.29, 0.717) is 0 Å². The summed E-state index contributed by atoms with van der Waals surface area (Å²) in [6, 6.07) is 70.5. The molecular weight excluding hydrogens is 679 g/mol. The third-order valence-corrected chi connectivity index (χ3v) is 11.7. The van der Waals surface area contributed by atoms with E-state index >= 15 is 0 Å². The Hall–Kier alpha value is -7.49. The van der Waals surface area contributed by atoms with Crippen molar-refractivity contribution in [3.05, 3.63) is 200 Å². The Morgan fingerprint density at radius 3 is 1.46 bits per heavy atom. The minimum absolute atomic E-state index is 0.921. The lowest BCUT2D eigenvalue weighted by atomic mass is 9.89. The number of benzene rings is 9. The van der Waals surface area contributed by atoms with E-state index in [1.807, 2.05) is 0 Å². The molecule has 0 saturated heterocycles. The van der Waals surface area contributed by atoms with Gasteiger partial charge in [-0.05, 0) is 103 Å². The van der Waals surface area contributed by atoms with Crippen molar-refractivity contribution in [1.82, 2.24) is 14.0 Å². The molecule has 0 aliphatic carbocycles. The van der Waals surface area contributed by atoms with Crippen LogP contribution in [0.1, 0.15) is 0 Å². The Bertz CT molecular complexity index is 3480. The monoisotopic (exact) mass is 711 g/mol. The number of imidazole rings is 1. The smallest absolute Gasteiger partial charge is 0.137 e. The molecule has 3 heterocycles. The molecule has 0 N–H and O–H groups in total. The van der Waals surface area contributed by atoms with Gasteiger partial charge in [0.25, 0.3) is 0 Å². The zero-order chi connectivity index (χ0) is 36.7. The molecule has 0 spiro atoms. The molecule has 3 nitrogen and oxygen atoms in total. The Balaban J connectivity index is 1.11. The summed E-state index contributed by atoms with van der Waals surface area (Å²) in [4.78, 5) is 5.47. The molecule has 0 amide bonds. The van der Waals surface area contributed by atoms with Crippen molar-refractivity contribution in [2.24, 2.45) is 0 Å². The van der Waals surface area contributed by atoms with Gasteiger partial charge in [-0.1, -0.05) is 146 Å². The van der Waals surface area contributed by atoms with Crippen LogP contribution in [0.15, 0.2) is 200 Å². The third kappa shape index (κ3) is 4.61. The van der Waals surface area contributed by atoms with Crippen molar-refractivity contribution in [3.63, 3.8) is 0 Å². The fourth-order valence-electron chi connectivity index (χ4n) is 9.08. The van der Waals surface area contributed by atoms with Crippen LogP contribution in [0.5, 0.6) is 0 Å². The van der Waals surface area contributed by atoms with E-state index < -0.39 is 0 Å². The molecule has 0 fully saturated rings. The molecule has 0 atom stereocenters. The molecule has 3 aromatic heterocycles. The second-order valence-electron chi connectivity index (χ2n) is 14.8. The zero-order valence-electron chi connectivity index (χ0n) is 30.4. The first kappa shape index (κ1) is 30.9. The number of fused-ring (bicyclic) bond motifs is 9. The van der Waals surface area contributed by atoms with Gasteiger partial charge in [-0.2, -0.15) is 0 Å². The second kappa shape index (κ2) is 12.0. The van der Waals surface area contributed by atoms with Crippen molar-refractivity contribution in [2.75, 3.05) is 0 Å². The summed E-state index contributed by atoms with van der Waals surface area (Å²) in [6.07, 6.45) is 2.28. The molecular formula is C53H33N3. The molecule has 0 radical (unpaired) electrons. The number of hydrogen-bond donors (Lipinski definition) is 0. The maximum Gasteiger partial charge on any atom is 0.137 e. The lowest BCUT2D eigenvalue weighted by Crippen LogP contribution is -1.94. The largest absolute Gasteiger partial charge is 0.309 e. The second-order valence-corrected chi connectivity index (χ2v) is 14.8. The van der Waals surface area contributed by atoms with Crippen LogP contribution in [0.3, 0.4) is 0 Å². The van der Waals surface area contributed by atoms with E-state index in [9.17, 15) is 0 Å². The lowest BCUT2D eigenvalue weighted by molar-refractivity contribution is 1.18. The Morgan fingerprint density at radius 2 is 0.839 bits per heavy atom. The van der Waals surface area contributed by atoms with Crippen LogP contribution in [0.4, 0.5) is 0 Å². The van der Waals surface area contributed by atoms with Gasteiger partial charge in [-0.25, -0.2) is 4.98 Å². The van der Waals surface area contributed by atoms with Crippen molar-refractivity contribution in [1.29, 1.82) is 0 Å². The molecule has 0 unspecified atom stereocenters. The summed E-state index contributed by atoms with van der Waals surface area (Å²) in [7, 11) is 0. The first-order valence-corrected chi connectivity index (χ1v) is 19.2. The number of pyridine rings is 1. The predicted molar refractivity (Wildman–Crippen MR) is 236 cm³/mol. The summed E-state index contributed by atoms with van der Waals surface area (Å²) in [5, 5.41) is 9.84. The topological polar surface area (TPSA) is 22.2 Å². The van der Waals surface area contributed by atoms with E-state index in [0.717, 1.165) is 39.1 Å². The number of aromatic nitrogens is 3. The van der Waals surface area contributed by atoms with Gasteiger partial charge in [0.05, 0.1) is 22.1 Å². The van der Waals surface area contributed by atoms with Crippen LogP contribution in [0.25, 0.3) is 110 Å². The number of para-hydroxylation sites is 2. The van der Waals surface area contributed by atoms with Crippen LogP contribution < -0.4 is 0 Å². The highest BCUT2D eigenvalue weighted by atomic mass is 15.0. The van der Waals surface area contributed by atoms with Gasteiger partial charge in [-0.3, -0.25) is 4.40 Å². The molecule has 0 bridgehead atoms. The van der Waals surface area contributed by atoms with Crippen LogP contribution in [-0.2, 0) is 0 Å². The highest BCUT2D eigenvalue weighted by molar-refractivity contribution is 6.21. The van der Waals surface area contributed by atoms with Crippen molar-refractivity contribution in [3.8, 4) is 39.1 Å². The molecule has 0 saturated carbocycles. The number of rotatable bonds is 4. The fraction of sp³-hybridized carbons (Fsp3) is 0. The van der Waals surface area contributed by atoms with Gasteiger partial charge in [0.1, 0.15) is 5.65 Å². The van der Waals surface area contributed by atoms with Crippen LogP contribution in [0.2, 0.25) is 0 Å². The normalized spacial score (nSPS) is 11.9. The van der Waals surface area contributed by atoms with Gasteiger partial charge in [0.2, 0.25) is 0 Å². The van der Waals surface area contributed by atoms with Crippen LogP contribution >= 0.6 is 0 Å². The quantitative estimate of drug-likeness (QED) is 0.178. The lowest BCUT2D eigenvalue weighted by Gasteiger charge is -2.16. The van der Waals surface area contributed by atoms with Gasteiger partial charge in [0.15, 0.2) is 0 Å². The van der Waals surface area contributed by atoms with E-state index in [1.54, 1.807) is 0 Å². The van der Waals surface area contributed by atoms with Crippen molar-refractivity contribution in [2.45, 2.75) is 0 Å². The average Bonchev–Trinajstić information content (AvgIpc) is 3.81. The summed E-state index contributed by atoms with van der Waals surface area (Å²) < 4.78 is 4.70.